The fourth-order valence-corrected chi connectivity index (χ4v) is 1.91. The Morgan fingerprint density at radius 3 is 3.08 bits per heavy atom. The molecule has 1 saturated carbocycles. The molecule has 0 amide bonds. The molecule has 1 aromatic rings. The second kappa shape index (κ2) is 3.56. The maximum absolute atomic E-state index is 5.96. The van der Waals surface area contributed by atoms with Gasteiger partial charge in [-0.3, -0.25) is 0 Å². The molecule has 3 heteroatoms. The molecule has 1 aromatic heterocycles. The first-order valence-corrected chi connectivity index (χ1v) is 5.26. The van der Waals surface area contributed by atoms with Gasteiger partial charge in [0.15, 0.2) is 0 Å². The van der Waals surface area contributed by atoms with E-state index in [9.17, 15) is 0 Å². The Morgan fingerprint density at radius 2 is 2.50 bits per heavy atom. The van der Waals surface area contributed by atoms with Crippen LogP contribution < -0.4 is 11.1 Å². The molecular weight excluding hydrogens is 168 g/mol. The molecule has 1 heterocycles. The van der Waals surface area contributed by atoms with Gasteiger partial charge in [-0.25, -0.2) is 0 Å². The smallest absolute Gasteiger partial charge is 0.0516 e. The number of hydrogen-bond acceptors (Lipinski definition) is 3. The van der Waals surface area contributed by atoms with E-state index in [1.165, 1.54) is 17.7 Å². The van der Waals surface area contributed by atoms with E-state index in [4.69, 9.17) is 5.73 Å². The summed E-state index contributed by atoms with van der Waals surface area (Å²) >= 11 is 1.74. The van der Waals surface area contributed by atoms with Crippen molar-refractivity contribution in [2.75, 3.05) is 6.54 Å². The van der Waals surface area contributed by atoms with Gasteiger partial charge in [0.1, 0.15) is 0 Å². The summed E-state index contributed by atoms with van der Waals surface area (Å²) in [6, 6.07) is 5.10. The average molecular weight is 182 g/mol. The van der Waals surface area contributed by atoms with Crippen LogP contribution in [0.25, 0.3) is 0 Å². The van der Waals surface area contributed by atoms with Crippen molar-refractivity contribution in [3.8, 4) is 0 Å². The second-order valence-electron chi connectivity index (χ2n) is 3.30. The van der Waals surface area contributed by atoms with Gasteiger partial charge in [-0.1, -0.05) is 6.07 Å². The van der Waals surface area contributed by atoms with Gasteiger partial charge >= 0.3 is 0 Å². The quantitative estimate of drug-likeness (QED) is 0.740. The Morgan fingerprint density at radius 1 is 1.67 bits per heavy atom. The lowest BCUT2D eigenvalue weighted by molar-refractivity contribution is 0.601. The average Bonchev–Trinajstić information content (AvgIpc) is 2.74. The Kier molecular flexibility index (Phi) is 2.44. The minimum Gasteiger partial charge on any atom is -0.322 e. The first kappa shape index (κ1) is 8.23. The topological polar surface area (TPSA) is 38.0 Å². The highest BCUT2D eigenvalue weighted by Crippen LogP contribution is 2.21. The second-order valence-corrected chi connectivity index (χ2v) is 4.28. The van der Waals surface area contributed by atoms with E-state index < -0.39 is 0 Å². The van der Waals surface area contributed by atoms with Gasteiger partial charge in [-0.2, -0.15) is 0 Å². The van der Waals surface area contributed by atoms with Gasteiger partial charge in [-0.15, -0.1) is 11.3 Å². The van der Waals surface area contributed by atoms with Crippen molar-refractivity contribution in [1.29, 1.82) is 0 Å². The summed E-state index contributed by atoms with van der Waals surface area (Å²) in [5, 5.41) is 5.50. The summed E-state index contributed by atoms with van der Waals surface area (Å²) in [4.78, 5) is 1.28. The van der Waals surface area contributed by atoms with Crippen LogP contribution in [0.15, 0.2) is 17.5 Å². The molecule has 3 N–H and O–H groups in total. The van der Waals surface area contributed by atoms with Crippen LogP contribution in [0.4, 0.5) is 0 Å². The maximum atomic E-state index is 5.96. The Balaban J connectivity index is 1.79. The van der Waals surface area contributed by atoms with Gasteiger partial charge in [0, 0.05) is 17.5 Å². The lowest BCUT2D eigenvalue weighted by atomic mass is 10.2. The minimum absolute atomic E-state index is 0.186. The molecule has 0 aliphatic heterocycles. The maximum Gasteiger partial charge on any atom is 0.0516 e. The van der Waals surface area contributed by atoms with Crippen molar-refractivity contribution >= 4 is 11.3 Å². The summed E-state index contributed by atoms with van der Waals surface area (Å²) in [5.74, 6) is 0. The van der Waals surface area contributed by atoms with Crippen molar-refractivity contribution in [1.82, 2.24) is 5.32 Å². The van der Waals surface area contributed by atoms with Crippen LogP contribution in [0.2, 0.25) is 0 Å². The number of nitrogens with two attached hydrogens (primary N) is 1. The summed E-state index contributed by atoms with van der Waals surface area (Å²) in [6.07, 6.45) is 2.66. The van der Waals surface area contributed by atoms with E-state index in [2.05, 4.69) is 22.8 Å². The first-order chi connectivity index (χ1) is 5.86. The molecule has 1 unspecified atom stereocenters. The summed E-state index contributed by atoms with van der Waals surface area (Å²) in [6.45, 7) is 0.922. The predicted octanol–water partition coefficient (Wildman–Crippen LogP) is 1.50. The molecule has 0 aromatic carbocycles. The zero-order valence-electron chi connectivity index (χ0n) is 6.99. The SMILES string of the molecule is NC(CNC1CC1)c1cccs1. The van der Waals surface area contributed by atoms with Crippen LogP contribution in [0.5, 0.6) is 0 Å². The summed E-state index contributed by atoms with van der Waals surface area (Å²) in [5.41, 5.74) is 5.96. The molecule has 0 radical (unpaired) electrons. The van der Waals surface area contributed by atoms with E-state index in [0.29, 0.717) is 0 Å². The van der Waals surface area contributed by atoms with Crippen LogP contribution >= 0.6 is 11.3 Å². The Labute approximate surface area is 76.8 Å². The molecule has 0 saturated heterocycles. The highest BCUT2D eigenvalue weighted by molar-refractivity contribution is 7.10. The van der Waals surface area contributed by atoms with Crippen LogP contribution in [-0.2, 0) is 0 Å². The number of nitrogens with one attached hydrogen (secondary N) is 1. The predicted molar refractivity (Wildman–Crippen MR) is 52.3 cm³/mol. The summed E-state index contributed by atoms with van der Waals surface area (Å²) in [7, 11) is 0. The molecule has 1 aliphatic carbocycles. The third-order valence-electron chi connectivity index (χ3n) is 2.11. The molecule has 1 fully saturated rings. The highest BCUT2D eigenvalue weighted by atomic mass is 32.1. The van der Waals surface area contributed by atoms with Crippen molar-refractivity contribution < 1.29 is 0 Å². The van der Waals surface area contributed by atoms with E-state index in [-0.39, 0.29) is 6.04 Å². The molecule has 2 nitrogen and oxygen atoms in total. The monoisotopic (exact) mass is 182 g/mol. The van der Waals surface area contributed by atoms with Gasteiger partial charge in [0.25, 0.3) is 0 Å². The largest absolute Gasteiger partial charge is 0.322 e. The Hall–Kier alpha value is -0.380. The highest BCUT2D eigenvalue weighted by Gasteiger charge is 2.21. The molecule has 0 bridgehead atoms. The molecule has 1 aliphatic rings. The van der Waals surface area contributed by atoms with Gasteiger partial charge in [0.2, 0.25) is 0 Å². The van der Waals surface area contributed by atoms with E-state index >= 15 is 0 Å². The lowest BCUT2D eigenvalue weighted by Gasteiger charge is -2.09. The number of rotatable bonds is 4. The lowest BCUT2D eigenvalue weighted by Crippen LogP contribution is -2.27. The normalized spacial score (nSPS) is 19.4. The third kappa shape index (κ3) is 2.06. The molecule has 2 rings (SSSR count). The standard InChI is InChI=1S/C9H14N2S/c10-8(6-11-7-3-4-7)9-2-1-5-12-9/h1-2,5,7-8,11H,3-4,6,10H2. The van der Waals surface area contributed by atoms with Crippen molar-refractivity contribution in [3.63, 3.8) is 0 Å². The van der Waals surface area contributed by atoms with E-state index in [0.717, 1.165) is 12.6 Å². The molecule has 0 spiro atoms. The molecule has 1 atom stereocenters. The van der Waals surface area contributed by atoms with Crippen molar-refractivity contribution in [2.24, 2.45) is 5.73 Å². The minimum atomic E-state index is 0.186. The van der Waals surface area contributed by atoms with Gasteiger partial charge in [-0.05, 0) is 24.3 Å². The zero-order chi connectivity index (χ0) is 8.39. The van der Waals surface area contributed by atoms with Crippen LogP contribution in [0, 0.1) is 0 Å². The summed E-state index contributed by atoms with van der Waals surface area (Å²) < 4.78 is 0. The molecular formula is C9H14N2S. The van der Waals surface area contributed by atoms with E-state index in [1.54, 1.807) is 11.3 Å². The first-order valence-electron chi connectivity index (χ1n) is 4.38. The van der Waals surface area contributed by atoms with Gasteiger partial charge < -0.3 is 11.1 Å². The van der Waals surface area contributed by atoms with Gasteiger partial charge in [0.05, 0.1) is 6.04 Å². The van der Waals surface area contributed by atoms with Crippen LogP contribution in [-0.4, -0.2) is 12.6 Å². The third-order valence-corrected chi connectivity index (χ3v) is 3.12. The van der Waals surface area contributed by atoms with Crippen molar-refractivity contribution in [3.05, 3.63) is 22.4 Å². The van der Waals surface area contributed by atoms with Crippen LogP contribution in [0.3, 0.4) is 0 Å². The van der Waals surface area contributed by atoms with E-state index in [1.807, 2.05) is 0 Å². The fraction of sp³-hybridized carbons (Fsp3) is 0.556. The molecule has 12 heavy (non-hydrogen) atoms. The van der Waals surface area contributed by atoms with Crippen molar-refractivity contribution in [2.45, 2.75) is 24.9 Å². The number of hydrogen-bond donors (Lipinski definition) is 2. The number of thiophene rings is 1. The fourth-order valence-electron chi connectivity index (χ4n) is 1.18. The van der Waals surface area contributed by atoms with Crippen LogP contribution in [0.1, 0.15) is 23.8 Å². The zero-order valence-corrected chi connectivity index (χ0v) is 7.81. The molecule has 66 valence electrons. The Bertz CT molecular complexity index is 229.